The van der Waals surface area contributed by atoms with Crippen molar-refractivity contribution in [2.75, 3.05) is 14.1 Å². The Morgan fingerprint density at radius 2 is 2.00 bits per heavy atom. The maximum atomic E-state index is 12.0. The standard InChI is InChI=1S/C12H18N2O3S2/c1-14(2)19(16,17)10-7-11(18-8-10)12(15)13-9-5-3-4-6-9/h7-9H,3-6H2,1-2H3,(H,13,15). The van der Waals surface area contributed by atoms with E-state index in [1.54, 1.807) is 0 Å². The maximum Gasteiger partial charge on any atom is 0.261 e. The first-order valence-corrected chi connectivity index (χ1v) is 8.55. The Morgan fingerprint density at radius 3 is 2.58 bits per heavy atom. The summed E-state index contributed by atoms with van der Waals surface area (Å²) in [7, 11) is -0.498. The molecule has 0 aliphatic heterocycles. The summed E-state index contributed by atoms with van der Waals surface area (Å²) in [4.78, 5) is 12.6. The lowest BCUT2D eigenvalue weighted by atomic mass is 10.2. The van der Waals surface area contributed by atoms with Gasteiger partial charge in [-0.05, 0) is 18.9 Å². The summed E-state index contributed by atoms with van der Waals surface area (Å²) in [5.74, 6) is -0.169. The molecule has 0 radical (unpaired) electrons. The molecule has 1 amide bonds. The van der Waals surface area contributed by atoms with Crippen molar-refractivity contribution in [3.05, 3.63) is 16.3 Å². The van der Waals surface area contributed by atoms with E-state index in [0.29, 0.717) is 4.88 Å². The molecule has 1 aliphatic rings. The zero-order valence-corrected chi connectivity index (χ0v) is 12.7. The van der Waals surface area contributed by atoms with Crippen molar-refractivity contribution in [1.82, 2.24) is 9.62 Å². The Kier molecular flexibility index (Phi) is 4.27. The predicted molar refractivity (Wildman–Crippen MR) is 74.9 cm³/mol. The fraction of sp³-hybridized carbons (Fsp3) is 0.583. The van der Waals surface area contributed by atoms with Gasteiger partial charge in [0.2, 0.25) is 10.0 Å². The number of carbonyl (C=O) groups excluding carboxylic acids is 1. The van der Waals surface area contributed by atoms with Crippen molar-refractivity contribution >= 4 is 27.3 Å². The van der Waals surface area contributed by atoms with Crippen LogP contribution in [0.25, 0.3) is 0 Å². The minimum absolute atomic E-state index is 0.169. The number of rotatable bonds is 4. The normalized spacial score (nSPS) is 17.0. The fourth-order valence-electron chi connectivity index (χ4n) is 2.11. The minimum atomic E-state index is -3.45. The Labute approximate surface area is 117 Å². The van der Waals surface area contributed by atoms with E-state index in [1.165, 1.54) is 36.9 Å². The van der Waals surface area contributed by atoms with Gasteiger partial charge in [0.05, 0.1) is 9.77 Å². The molecule has 0 bridgehead atoms. The van der Waals surface area contributed by atoms with Crippen molar-refractivity contribution < 1.29 is 13.2 Å². The highest BCUT2D eigenvalue weighted by Crippen LogP contribution is 2.23. The van der Waals surface area contributed by atoms with Crippen LogP contribution in [0.5, 0.6) is 0 Å². The Bertz CT molecular complexity index is 557. The van der Waals surface area contributed by atoms with E-state index in [-0.39, 0.29) is 16.8 Å². The van der Waals surface area contributed by atoms with Gasteiger partial charge in [-0.2, -0.15) is 0 Å². The van der Waals surface area contributed by atoms with Crippen LogP contribution in [0.3, 0.4) is 0 Å². The average Bonchev–Trinajstić information content (AvgIpc) is 2.98. The molecule has 106 valence electrons. The first-order valence-electron chi connectivity index (χ1n) is 6.23. The molecule has 0 atom stereocenters. The van der Waals surface area contributed by atoms with Gasteiger partial charge in [-0.1, -0.05) is 12.8 Å². The number of thiophene rings is 1. The number of hydrogen-bond donors (Lipinski definition) is 1. The smallest absolute Gasteiger partial charge is 0.261 e. The molecule has 0 saturated heterocycles. The van der Waals surface area contributed by atoms with Gasteiger partial charge < -0.3 is 5.32 Å². The quantitative estimate of drug-likeness (QED) is 0.920. The SMILES string of the molecule is CN(C)S(=O)(=O)c1csc(C(=O)NC2CCCC2)c1. The van der Waals surface area contributed by atoms with Crippen molar-refractivity contribution in [3.8, 4) is 0 Å². The van der Waals surface area contributed by atoms with Gasteiger partial charge in [-0.15, -0.1) is 11.3 Å². The van der Waals surface area contributed by atoms with Crippen molar-refractivity contribution in [1.29, 1.82) is 0 Å². The van der Waals surface area contributed by atoms with Gasteiger partial charge in [-0.3, -0.25) is 4.79 Å². The third-order valence-corrected chi connectivity index (χ3v) is 6.14. The second-order valence-electron chi connectivity index (χ2n) is 4.89. The molecule has 0 aromatic carbocycles. The first-order chi connectivity index (χ1) is 8.91. The lowest BCUT2D eigenvalue weighted by Gasteiger charge is -2.10. The number of nitrogens with zero attached hydrogens (tertiary/aromatic N) is 1. The minimum Gasteiger partial charge on any atom is -0.349 e. The molecular formula is C12H18N2O3S2. The van der Waals surface area contributed by atoms with E-state index in [4.69, 9.17) is 0 Å². The fourth-order valence-corrected chi connectivity index (χ4v) is 4.18. The number of nitrogens with one attached hydrogen (secondary N) is 1. The molecule has 1 fully saturated rings. The van der Waals surface area contributed by atoms with E-state index >= 15 is 0 Å². The Hall–Kier alpha value is -0.920. The highest BCUT2D eigenvalue weighted by molar-refractivity contribution is 7.89. The summed E-state index contributed by atoms with van der Waals surface area (Å²) >= 11 is 1.17. The van der Waals surface area contributed by atoms with Crippen LogP contribution in [0.4, 0.5) is 0 Å². The molecule has 1 aliphatic carbocycles. The maximum absolute atomic E-state index is 12.0. The van der Waals surface area contributed by atoms with Gasteiger partial charge >= 0.3 is 0 Å². The molecule has 0 spiro atoms. The number of hydrogen-bond acceptors (Lipinski definition) is 4. The summed E-state index contributed by atoms with van der Waals surface area (Å²) in [6.45, 7) is 0. The highest BCUT2D eigenvalue weighted by atomic mass is 32.2. The highest BCUT2D eigenvalue weighted by Gasteiger charge is 2.23. The van der Waals surface area contributed by atoms with Crippen LogP contribution in [0.1, 0.15) is 35.4 Å². The number of amides is 1. The van der Waals surface area contributed by atoms with Crippen LogP contribution in [0.2, 0.25) is 0 Å². The van der Waals surface area contributed by atoms with Crippen LogP contribution in [0.15, 0.2) is 16.3 Å². The molecule has 2 rings (SSSR count). The molecule has 7 heteroatoms. The van der Waals surface area contributed by atoms with Crippen molar-refractivity contribution in [2.45, 2.75) is 36.6 Å². The average molecular weight is 302 g/mol. The van der Waals surface area contributed by atoms with Gasteiger partial charge in [-0.25, -0.2) is 12.7 Å². The first kappa shape index (κ1) is 14.5. The Balaban J connectivity index is 2.10. The summed E-state index contributed by atoms with van der Waals surface area (Å²) < 4.78 is 25.0. The lowest BCUT2D eigenvalue weighted by Crippen LogP contribution is -2.32. The van der Waals surface area contributed by atoms with E-state index < -0.39 is 10.0 Å². The van der Waals surface area contributed by atoms with E-state index in [9.17, 15) is 13.2 Å². The second-order valence-corrected chi connectivity index (χ2v) is 7.95. The summed E-state index contributed by atoms with van der Waals surface area (Å²) in [5, 5.41) is 4.46. The van der Waals surface area contributed by atoms with E-state index in [1.807, 2.05) is 0 Å². The number of sulfonamides is 1. The van der Waals surface area contributed by atoms with Gasteiger partial charge in [0, 0.05) is 25.5 Å². The molecule has 1 heterocycles. The molecule has 19 heavy (non-hydrogen) atoms. The summed E-state index contributed by atoms with van der Waals surface area (Å²) in [5.41, 5.74) is 0. The molecule has 1 aromatic rings. The topological polar surface area (TPSA) is 66.5 Å². The Morgan fingerprint density at radius 1 is 1.37 bits per heavy atom. The van der Waals surface area contributed by atoms with Gasteiger partial charge in [0.15, 0.2) is 0 Å². The monoisotopic (exact) mass is 302 g/mol. The van der Waals surface area contributed by atoms with Crippen LogP contribution in [-0.2, 0) is 10.0 Å². The van der Waals surface area contributed by atoms with Crippen LogP contribution in [-0.4, -0.2) is 38.8 Å². The third kappa shape index (κ3) is 3.16. The third-order valence-electron chi connectivity index (χ3n) is 3.27. The van der Waals surface area contributed by atoms with Crippen molar-refractivity contribution in [3.63, 3.8) is 0 Å². The zero-order valence-electron chi connectivity index (χ0n) is 11.0. The summed E-state index contributed by atoms with van der Waals surface area (Å²) in [6.07, 6.45) is 4.32. The largest absolute Gasteiger partial charge is 0.349 e. The summed E-state index contributed by atoms with van der Waals surface area (Å²) in [6, 6.07) is 1.69. The lowest BCUT2D eigenvalue weighted by molar-refractivity contribution is 0.0942. The number of carbonyl (C=O) groups is 1. The predicted octanol–water partition coefficient (Wildman–Crippen LogP) is 1.67. The molecular weight excluding hydrogens is 284 g/mol. The second kappa shape index (κ2) is 5.60. The molecule has 1 saturated carbocycles. The van der Waals surface area contributed by atoms with Crippen LogP contribution < -0.4 is 5.32 Å². The molecule has 1 aromatic heterocycles. The molecule has 5 nitrogen and oxygen atoms in total. The molecule has 1 N–H and O–H groups in total. The van der Waals surface area contributed by atoms with E-state index in [0.717, 1.165) is 30.0 Å². The van der Waals surface area contributed by atoms with Gasteiger partial charge in [0.1, 0.15) is 0 Å². The van der Waals surface area contributed by atoms with Crippen molar-refractivity contribution in [2.24, 2.45) is 0 Å². The van der Waals surface area contributed by atoms with E-state index in [2.05, 4.69) is 5.32 Å². The van der Waals surface area contributed by atoms with Crippen LogP contribution >= 0.6 is 11.3 Å². The van der Waals surface area contributed by atoms with Gasteiger partial charge in [0.25, 0.3) is 5.91 Å². The van der Waals surface area contributed by atoms with Crippen LogP contribution in [0, 0.1) is 0 Å². The zero-order chi connectivity index (χ0) is 14.0. The molecule has 0 unspecified atom stereocenters.